The smallest absolute Gasteiger partial charge is 0.236 e. The summed E-state index contributed by atoms with van der Waals surface area (Å²) in [4.78, 5) is 31.5. The number of likely N-dealkylation sites (tertiary alicyclic amines) is 1. The number of amides is 1. The number of thiophene rings is 1. The number of hydrogen-bond donors (Lipinski definition) is 2. The molecule has 3 aromatic heterocycles. The van der Waals surface area contributed by atoms with E-state index in [1.54, 1.807) is 0 Å². The van der Waals surface area contributed by atoms with Crippen molar-refractivity contribution in [2.24, 2.45) is 10.7 Å². The number of hydrogen-bond acceptors (Lipinski definition) is 5. The fraction of sp³-hybridized carbons (Fsp3) is 0.500. The summed E-state index contributed by atoms with van der Waals surface area (Å²) in [6.07, 6.45) is 5.22. The number of aliphatic imine (C=N–C) groups is 1. The molecule has 1 saturated heterocycles. The van der Waals surface area contributed by atoms with Crippen molar-refractivity contribution in [1.29, 1.82) is 0 Å². The van der Waals surface area contributed by atoms with Crippen molar-refractivity contribution < 1.29 is 6.22 Å². The molecule has 0 aliphatic carbocycles. The van der Waals surface area contributed by atoms with Crippen molar-refractivity contribution in [3.05, 3.63) is 33.8 Å². The number of likely N-dealkylation sites (N-methyl/N-ethyl adjacent to an activating group) is 1. The SMILES string of the molecule is Cc1cc(-c2[nH]c3sc(C4CCN(C(=O)CN(C)C)CC4)c(C)c3c2C(C)C)cnc1N=CN.[HH]. The minimum atomic E-state index is 0. The number of fused-ring (bicyclic) bond motifs is 1. The summed E-state index contributed by atoms with van der Waals surface area (Å²) in [7, 11) is 3.89. The number of aryl methyl sites for hydroxylation is 2. The van der Waals surface area contributed by atoms with Crippen LogP contribution >= 0.6 is 11.3 Å². The fourth-order valence-corrected chi connectivity index (χ4v) is 6.51. The first kappa shape index (κ1) is 24.4. The number of aromatic nitrogens is 2. The average molecular weight is 483 g/mol. The summed E-state index contributed by atoms with van der Waals surface area (Å²) < 4.78 is 0. The molecule has 0 radical (unpaired) electrons. The molecule has 0 bridgehead atoms. The summed E-state index contributed by atoms with van der Waals surface area (Å²) in [5, 5.41) is 1.36. The van der Waals surface area contributed by atoms with Gasteiger partial charge in [-0.25, -0.2) is 9.98 Å². The van der Waals surface area contributed by atoms with Crippen molar-refractivity contribution in [2.75, 3.05) is 33.7 Å². The van der Waals surface area contributed by atoms with E-state index in [2.05, 4.69) is 41.8 Å². The highest BCUT2D eigenvalue weighted by molar-refractivity contribution is 7.19. The van der Waals surface area contributed by atoms with Crippen molar-refractivity contribution in [3.63, 3.8) is 0 Å². The highest BCUT2D eigenvalue weighted by Gasteiger charge is 2.29. The van der Waals surface area contributed by atoms with Gasteiger partial charge in [0.05, 0.1) is 18.6 Å². The lowest BCUT2D eigenvalue weighted by molar-refractivity contribution is -0.132. The Labute approximate surface area is 207 Å². The van der Waals surface area contributed by atoms with Crippen LogP contribution in [0.2, 0.25) is 0 Å². The molecular formula is C26H38N6OS. The third-order valence-electron chi connectivity index (χ3n) is 6.74. The molecule has 3 N–H and O–H groups in total. The fourth-order valence-electron chi connectivity index (χ4n) is 5.12. The predicted octanol–water partition coefficient (Wildman–Crippen LogP) is 5.16. The second-order valence-electron chi connectivity index (χ2n) is 9.90. The number of nitrogens with one attached hydrogen (secondary N) is 1. The Balaban J connectivity index is 0.00000342. The number of rotatable bonds is 6. The molecular weight excluding hydrogens is 444 g/mol. The zero-order chi connectivity index (χ0) is 24.6. The van der Waals surface area contributed by atoms with Crippen LogP contribution in [0.3, 0.4) is 0 Å². The number of carbonyl (C=O) groups excluding carboxylic acids is 1. The molecule has 184 valence electrons. The van der Waals surface area contributed by atoms with Crippen LogP contribution < -0.4 is 5.73 Å². The quantitative estimate of drug-likeness (QED) is 0.375. The van der Waals surface area contributed by atoms with Crippen LogP contribution in [0.15, 0.2) is 17.3 Å². The van der Waals surface area contributed by atoms with Gasteiger partial charge in [0.15, 0.2) is 5.82 Å². The number of nitrogens with zero attached hydrogens (tertiary/aromatic N) is 4. The van der Waals surface area contributed by atoms with Crippen molar-refractivity contribution in [3.8, 4) is 11.3 Å². The summed E-state index contributed by atoms with van der Waals surface area (Å²) in [5.41, 5.74) is 11.4. The molecule has 4 heterocycles. The van der Waals surface area contributed by atoms with Gasteiger partial charge in [-0.05, 0) is 75.4 Å². The van der Waals surface area contributed by atoms with Gasteiger partial charge in [-0.2, -0.15) is 0 Å². The number of aromatic amines is 1. The Bertz CT molecular complexity index is 1220. The lowest BCUT2D eigenvalue weighted by atomic mass is 9.90. The zero-order valence-electron chi connectivity index (χ0n) is 21.1. The lowest BCUT2D eigenvalue weighted by Crippen LogP contribution is -2.42. The van der Waals surface area contributed by atoms with Crippen LogP contribution in [-0.2, 0) is 4.79 Å². The summed E-state index contributed by atoms with van der Waals surface area (Å²) >= 11 is 1.89. The van der Waals surface area contributed by atoms with Gasteiger partial charge < -0.3 is 20.5 Å². The number of carbonyl (C=O) groups is 1. The molecule has 1 aliphatic rings. The van der Waals surface area contributed by atoms with E-state index in [-0.39, 0.29) is 7.33 Å². The first-order chi connectivity index (χ1) is 16.2. The molecule has 3 aromatic rings. The molecule has 0 aromatic carbocycles. The maximum atomic E-state index is 12.5. The van der Waals surface area contributed by atoms with Crippen molar-refractivity contribution >= 4 is 39.6 Å². The maximum Gasteiger partial charge on any atom is 0.236 e. The summed E-state index contributed by atoms with van der Waals surface area (Å²) in [6.45, 7) is 11.0. The number of nitrogens with two attached hydrogens (primary N) is 1. The van der Waals surface area contributed by atoms with Crippen LogP contribution in [0.5, 0.6) is 0 Å². The average Bonchev–Trinajstić information content (AvgIpc) is 3.32. The van der Waals surface area contributed by atoms with Gasteiger partial charge in [0.1, 0.15) is 4.83 Å². The maximum absolute atomic E-state index is 12.5. The van der Waals surface area contributed by atoms with Crippen molar-refractivity contribution in [1.82, 2.24) is 19.8 Å². The first-order valence-corrected chi connectivity index (χ1v) is 12.8. The minimum Gasteiger partial charge on any atom is -0.390 e. The van der Waals surface area contributed by atoms with E-state index in [1.807, 2.05) is 48.4 Å². The highest BCUT2D eigenvalue weighted by atomic mass is 32.1. The molecule has 4 rings (SSSR count). The first-order valence-electron chi connectivity index (χ1n) is 12.0. The monoisotopic (exact) mass is 482 g/mol. The molecule has 0 saturated carbocycles. The van der Waals surface area contributed by atoms with Gasteiger partial charge in [-0.3, -0.25) is 4.79 Å². The minimum absolute atomic E-state index is 0. The van der Waals surface area contributed by atoms with Crippen LogP contribution in [0.4, 0.5) is 5.82 Å². The van der Waals surface area contributed by atoms with E-state index in [9.17, 15) is 4.79 Å². The Kier molecular flexibility index (Phi) is 7.09. The van der Waals surface area contributed by atoms with Crippen LogP contribution in [0.25, 0.3) is 21.5 Å². The van der Waals surface area contributed by atoms with Gasteiger partial charge in [0, 0.05) is 36.5 Å². The van der Waals surface area contributed by atoms with Crippen molar-refractivity contribution in [2.45, 2.75) is 52.4 Å². The largest absolute Gasteiger partial charge is 0.390 e. The molecule has 1 aliphatic heterocycles. The van der Waals surface area contributed by atoms with E-state index in [1.165, 1.54) is 32.6 Å². The molecule has 7 nitrogen and oxygen atoms in total. The van der Waals surface area contributed by atoms with Gasteiger partial charge in [0.25, 0.3) is 0 Å². The topological polar surface area (TPSA) is 90.6 Å². The van der Waals surface area contributed by atoms with Crippen LogP contribution in [0.1, 0.15) is 61.5 Å². The highest BCUT2D eigenvalue weighted by Crippen LogP contribution is 2.46. The van der Waals surface area contributed by atoms with E-state index in [0.717, 1.165) is 42.8 Å². The Morgan fingerprint density at radius 1 is 1.38 bits per heavy atom. The second-order valence-corrected chi connectivity index (χ2v) is 11.0. The Hall–Kier alpha value is -2.71. The zero-order valence-corrected chi connectivity index (χ0v) is 21.9. The second kappa shape index (κ2) is 9.88. The number of H-pyrrole nitrogens is 1. The molecule has 0 unspecified atom stereocenters. The van der Waals surface area contributed by atoms with Gasteiger partial charge in [-0.15, -0.1) is 11.3 Å². The van der Waals surface area contributed by atoms with Gasteiger partial charge in [0.2, 0.25) is 5.91 Å². The van der Waals surface area contributed by atoms with E-state index >= 15 is 0 Å². The van der Waals surface area contributed by atoms with Gasteiger partial charge in [-0.1, -0.05) is 13.8 Å². The third-order valence-corrected chi connectivity index (χ3v) is 8.11. The van der Waals surface area contributed by atoms with E-state index < -0.39 is 0 Å². The normalized spacial score (nSPS) is 15.5. The molecule has 0 spiro atoms. The molecule has 34 heavy (non-hydrogen) atoms. The molecule has 8 heteroatoms. The number of piperidine rings is 1. The summed E-state index contributed by atoms with van der Waals surface area (Å²) in [6, 6.07) is 2.13. The Morgan fingerprint density at radius 3 is 2.68 bits per heavy atom. The summed E-state index contributed by atoms with van der Waals surface area (Å²) in [5.74, 6) is 1.77. The standard InChI is InChI=1S/C26H36N6OS.H2/c1-15(2)21-22-17(4)24(18-7-9-32(10-8-18)20(33)13-31(5)6)34-26(22)30-23(21)19-11-16(3)25(28-12-19)29-14-27;/h11-12,14-15,18,30H,7-10,13H2,1-6H3,(H2,27,28,29);1H. The lowest BCUT2D eigenvalue weighted by Gasteiger charge is -2.32. The van der Waals surface area contributed by atoms with E-state index in [0.29, 0.717) is 24.2 Å². The Morgan fingerprint density at radius 2 is 2.09 bits per heavy atom. The van der Waals surface area contributed by atoms with Crippen LogP contribution in [0, 0.1) is 13.8 Å². The predicted molar refractivity (Wildman–Crippen MR) is 145 cm³/mol. The van der Waals surface area contributed by atoms with Gasteiger partial charge >= 0.3 is 0 Å². The third kappa shape index (κ3) is 4.61. The molecule has 1 fully saturated rings. The van der Waals surface area contributed by atoms with Crippen LogP contribution in [-0.4, -0.2) is 65.7 Å². The van der Waals surface area contributed by atoms with E-state index in [4.69, 9.17) is 5.73 Å². The number of pyridine rings is 1. The molecule has 0 atom stereocenters. The molecule has 1 amide bonds.